The van der Waals surface area contributed by atoms with Crippen LogP contribution < -0.4 is 0 Å². The van der Waals surface area contributed by atoms with Crippen LogP contribution in [-0.2, 0) is 4.57 Å². The highest BCUT2D eigenvalue weighted by molar-refractivity contribution is 7.38. The summed E-state index contributed by atoms with van der Waals surface area (Å²) in [5.41, 5.74) is 1.23. The zero-order chi connectivity index (χ0) is 5.70. The van der Waals surface area contributed by atoms with Crippen molar-refractivity contribution < 1.29 is 9.46 Å². The zero-order valence-electron chi connectivity index (χ0n) is 3.54. The number of hydrogen-bond donors (Lipinski definition) is 1. The van der Waals surface area contributed by atoms with E-state index < -0.39 is 8.03 Å². The third kappa shape index (κ3) is 6.09. The number of allylic oxidation sites excluding steroid dienone is 1. The Morgan fingerprint density at radius 2 is 2.43 bits per heavy atom. The van der Waals surface area contributed by atoms with Crippen molar-refractivity contribution in [2.24, 2.45) is 0 Å². The maximum Gasteiger partial charge on any atom is 0.509 e. The van der Waals surface area contributed by atoms with Gasteiger partial charge in [0.15, 0.2) is 6.16 Å². The molecule has 0 fully saturated rings. The molecule has 0 rings (SSSR count). The molecule has 0 radical (unpaired) electrons. The molecule has 0 amide bonds. The molecule has 0 aromatic heterocycles. The van der Waals surface area contributed by atoms with E-state index in [0.717, 1.165) is 0 Å². The van der Waals surface area contributed by atoms with Gasteiger partial charge >= 0.3 is 8.03 Å². The normalized spacial score (nSPS) is 12.6. The quantitative estimate of drug-likeness (QED) is 0.589. The molecule has 1 atom stereocenters. The van der Waals surface area contributed by atoms with Crippen molar-refractivity contribution in [3.8, 4) is 0 Å². The molecule has 0 aromatic carbocycles. The van der Waals surface area contributed by atoms with E-state index in [1.807, 2.05) is 0 Å². The Kier molecular flexibility index (Phi) is 4.31. The Hall–Kier alpha value is 0.0900. The van der Waals surface area contributed by atoms with Crippen molar-refractivity contribution in [2.45, 2.75) is 0 Å². The predicted octanol–water partition coefficient (Wildman–Crippen LogP) is 1.47. The standard InChI is InChI=1S/C3H4ClO2P/c4-2-1-3-7(5)6/h1-2H,3H2/p+1. The van der Waals surface area contributed by atoms with Gasteiger partial charge < -0.3 is 0 Å². The van der Waals surface area contributed by atoms with Crippen LogP contribution >= 0.6 is 19.6 Å². The van der Waals surface area contributed by atoms with Crippen LogP contribution in [0.5, 0.6) is 0 Å². The third-order valence-corrected chi connectivity index (χ3v) is 1.05. The van der Waals surface area contributed by atoms with E-state index in [4.69, 9.17) is 16.5 Å². The second-order valence-electron chi connectivity index (χ2n) is 0.896. The van der Waals surface area contributed by atoms with Crippen molar-refractivity contribution in [3.05, 3.63) is 11.6 Å². The smallest absolute Gasteiger partial charge is 0.160 e. The van der Waals surface area contributed by atoms with Crippen LogP contribution in [0.1, 0.15) is 0 Å². The number of hydrogen-bond acceptors (Lipinski definition) is 1. The van der Waals surface area contributed by atoms with E-state index in [9.17, 15) is 4.57 Å². The monoisotopic (exact) mass is 139 g/mol. The van der Waals surface area contributed by atoms with Crippen LogP contribution in [0, 0.1) is 0 Å². The molecule has 0 bridgehead atoms. The Bertz CT molecular complexity index is 90.9. The van der Waals surface area contributed by atoms with E-state index in [1.165, 1.54) is 11.6 Å². The maximum atomic E-state index is 9.80. The first kappa shape index (κ1) is 7.09. The molecule has 2 nitrogen and oxygen atoms in total. The van der Waals surface area contributed by atoms with Gasteiger partial charge in [-0.15, -0.1) is 0 Å². The fourth-order valence-electron chi connectivity index (χ4n) is 0.130. The molecule has 0 aliphatic heterocycles. The number of rotatable bonds is 2. The van der Waals surface area contributed by atoms with Crippen LogP contribution in [0.25, 0.3) is 0 Å². The summed E-state index contributed by atoms with van der Waals surface area (Å²) in [4.78, 5) is 8.08. The van der Waals surface area contributed by atoms with Crippen LogP contribution in [0.15, 0.2) is 11.6 Å². The van der Waals surface area contributed by atoms with Gasteiger partial charge in [-0.25, -0.2) is 0 Å². The highest BCUT2D eigenvalue weighted by atomic mass is 35.5. The minimum Gasteiger partial charge on any atom is -0.160 e. The van der Waals surface area contributed by atoms with Crippen molar-refractivity contribution in [2.75, 3.05) is 6.16 Å². The lowest BCUT2D eigenvalue weighted by atomic mass is 10.8. The molecule has 40 valence electrons. The van der Waals surface area contributed by atoms with Crippen molar-refractivity contribution in [3.63, 3.8) is 0 Å². The average Bonchev–Trinajstić information content (AvgIpc) is 1.61. The van der Waals surface area contributed by atoms with Gasteiger partial charge in [-0.1, -0.05) is 11.6 Å². The topological polar surface area (TPSA) is 37.3 Å². The maximum absolute atomic E-state index is 9.80. The van der Waals surface area contributed by atoms with Crippen molar-refractivity contribution in [1.82, 2.24) is 0 Å². The van der Waals surface area contributed by atoms with E-state index in [-0.39, 0.29) is 6.16 Å². The Morgan fingerprint density at radius 1 is 1.86 bits per heavy atom. The van der Waals surface area contributed by atoms with E-state index >= 15 is 0 Å². The largest absolute Gasteiger partial charge is 0.509 e. The van der Waals surface area contributed by atoms with Gasteiger partial charge in [-0.2, -0.15) is 4.89 Å². The van der Waals surface area contributed by atoms with Gasteiger partial charge in [0.1, 0.15) is 0 Å². The first-order valence-electron chi connectivity index (χ1n) is 1.66. The molecule has 7 heavy (non-hydrogen) atoms. The molecule has 0 aromatic rings. The van der Waals surface area contributed by atoms with Gasteiger partial charge in [0.2, 0.25) is 0 Å². The lowest BCUT2D eigenvalue weighted by molar-refractivity contribution is 0.506. The summed E-state index contributed by atoms with van der Waals surface area (Å²) in [5.74, 6) is 0. The zero-order valence-corrected chi connectivity index (χ0v) is 5.19. The summed E-state index contributed by atoms with van der Waals surface area (Å²) in [7, 11) is -2.03. The fourth-order valence-corrected chi connectivity index (χ4v) is 0.629. The fraction of sp³-hybridized carbons (Fsp3) is 0.333. The van der Waals surface area contributed by atoms with Crippen LogP contribution in [0.2, 0.25) is 0 Å². The second-order valence-corrected chi connectivity index (χ2v) is 2.22. The summed E-state index contributed by atoms with van der Waals surface area (Å²) < 4.78 is 9.80. The molecular formula is C3H5ClO2P+. The van der Waals surface area contributed by atoms with Crippen LogP contribution in [0.4, 0.5) is 0 Å². The summed E-state index contributed by atoms with van der Waals surface area (Å²) in [6.45, 7) is 0. The first-order chi connectivity index (χ1) is 3.27. The van der Waals surface area contributed by atoms with Crippen LogP contribution in [0.3, 0.4) is 0 Å². The molecule has 1 N–H and O–H groups in total. The highest BCUT2D eigenvalue weighted by Gasteiger charge is 2.02. The molecule has 4 heteroatoms. The van der Waals surface area contributed by atoms with Gasteiger partial charge in [0.25, 0.3) is 0 Å². The van der Waals surface area contributed by atoms with E-state index in [0.29, 0.717) is 0 Å². The van der Waals surface area contributed by atoms with Crippen molar-refractivity contribution >= 4 is 19.6 Å². The summed E-state index contributed by atoms with van der Waals surface area (Å²) in [5, 5.41) is 0. The van der Waals surface area contributed by atoms with Crippen LogP contribution in [-0.4, -0.2) is 11.1 Å². The first-order valence-corrected chi connectivity index (χ1v) is 3.49. The Balaban J connectivity index is 3.14. The van der Waals surface area contributed by atoms with E-state index in [1.54, 1.807) is 0 Å². The lowest BCUT2D eigenvalue weighted by Gasteiger charge is -1.62. The lowest BCUT2D eigenvalue weighted by Crippen LogP contribution is -1.62. The van der Waals surface area contributed by atoms with Gasteiger partial charge in [0.05, 0.1) is 0 Å². The molecule has 0 saturated carbocycles. The third-order valence-electron chi connectivity index (χ3n) is 0.351. The molecule has 0 aliphatic rings. The summed E-state index contributed by atoms with van der Waals surface area (Å²) >= 11 is 5.03. The SMILES string of the molecule is O=[P+](O)CC=CCl. The Labute approximate surface area is 47.7 Å². The average molecular weight is 139 g/mol. The van der Waals surface area contributed by atoms with E-state index in [2.05, 4.69) is 0 Å². The molecule has 0 saturated heterocycles. The Morgan fingerprint density at radius 3 is 2.57 bits per heavy atom. The van der Waals surface area contributed by atoms with Gasteiger partial charge in [-0.3, -0.25) is 0 Å². The minimum absolute atomic E-state index is 0.152. The molecule has 1 unspecified atom stereocenters. The number of halogens is 1. The molecule has 0 aliphatic carbocycles. The highest BCUT2D eigenvalue weighted by Crippen LogP contribution is 2.11. The van der Waals surface area contributed by atoms with Gasteiger partial charge in [0, 0.05) is 5.54 Å². The minimum atomic E-state index is -2.03. The molecule has 0 spiro atoms. The predicted molar refractivity (Wildman–Crippen MR) is 29.7 cm³/mol. The van der Waals surface area contributed by atoms with Gasteiger partial charge in [-0.05, 0) is 10.6 Å². The summed E-state index contributed by atoms with van der Waals surface area (Å²) in [6.07, 6.45) is 1.58. The second kappa shape index (κ2) is 4.25. The molecular weight excluding hydrogens is 134 g/mol. The van der Waals surface area contributed by atoms with Crippen molar-refractivity contribution in [1.29, 1.82) is 0 Å². The summed E-state index contributed by atoms with van der Waals surface area (Å²) in [6, 6.07) is 0. The molecule has 0 heterocycles.